The Bertz CT molecular complexity index is 954. The second-order valence-electron chi connectivity index (χ2n) is 7.99. The van der Waals surface area contributed by atoms with E-state index in [1.165, 1.54) is 10.5 Å². The molecule has 3 aromatic rings. The molecule has 1 aliphatic heterocycles. The molecule has 0 radical (unpaired) electrons. The van der Waals surface area contributed by atoms with Crippen LogP contribution in [-0.4, -0.2) is 53.8 Å². The van der Waals surface area contributed by atoms with Gasteiger partial charge in [0.2, 0.25) is 5.91 Å². The molecule has 1 saturated heterocycles. The minimum absolute atomic E-state index is 0.250. The van der Waals surface area contributed by atoms with Crippen molar-refractivity contribution in [2.75, 3.05) is 33.2 Å². The van der Waals surface area contributed by atoms with Crippen LogP contribution in [0.2, 0.25) is 0 Å². The molecule has 5 heteroatoms. The molecule has 5 nitrogen and oxygen atoms in total. The molecule has 1 aromatic heterocycles. The zero-order chi connectivity index (χ0) is 20.2. The number of nitrogens with zero attached hydrogens (tertiary/aromatic N) is 3. The number of piperazine rings is 1. The van der Waals surface area contributed by atoms with Crippen LogP contribution in [0.1, 0.15) is 17.5 Å². The Hall–Kier alpha value is -2.92. The Morgan fingerprint density at radius 3 is 2.41 bits per heavy atom. The monoisotopic (exact) mass is 389 g/mol. The third-order valence-corrected chi connectivity index (χ3v) is 5.71. The number of aromatic nitrogens is 2. The van der Waals surface area contributed by atoms with Gasteiger partial charge in [0.05, 0.1) is 44.6 Å². The standard InChI is InChI=1S/C24H28N4O/c1-19-8-10-20(11-9-19)24-21(18-28(25-24)22-6-4-3-5-7-22)12-13-23(29)27-16-14-26(2)15-17-27/h3-11,18H,12-17H2,1-2H3/p+1. The summed E-state index contributed by atoms with van der Waals surface area (Å²) >= 11 is 0. The van der Waals surface area contributed by atoms with Crippen molar-refractivity contribution in [2.24, 2.45) is 0 Å². The van der Waals surface area contributed by atoms with E-state index in [4.69, 9.17) is 5.10 Å². The molecule has 1 aliphatic rings. The lowest BCUT2D eigenvalue weighted by Crippen LogP contribution is -3.12. The summed E-state index contributed by atoms with van der Waals surface area (Å²) in [6.45, 7) is 5.87. The van der Waals surface area contributed by atoms with Gasteiger partial charge >= 0.3 is 0 Å². The average molecular weight is 390 g/mol. The average Bonchev–Trinajstić information content (AvgIpc) is 3.18. The first-order valence-electron chi connectivity index (χ1n) is 10.4. The zero-order valence-electron chi connectivity index (χ0n) is 17.3. The van der Waals surface area contributed by atoms with Crippen LogP contribution in [0, 0.1) is 6.92 Å². The Morgan fingerprint density at radius 1 is 1.03 bits per heavy atom. The fraction of sp³-hybridized carbons (Fsp3) is 0.333. The van der Waals surface area contributed by atoms with Crippen LogP contribution in [-0.2, 0) is 11.2 Å². The number of hydrogen-bond donors (Lipinski definition) is 1. The molecule has 2 heterocycles. The number of rotatable bonds is 5. The van der Waals surface area contributed by atoms with Gasteiger partial charge in [-0.25, -0.2) is 4.68 Å². The van der Waals surface area contributed by atoms with Crippen molar-refractivity contribution in [3.8, 4) is 16.9 Å². The van der Waals surface area contributed by atoms with Crippen molar-refractivity contribution in [2.45, 2.75) is 19.8 Å². The third kappa shape index (κ3) is 4.57. The summed E-state index contributed by atoms with van der Waals surface area (Å²) in [5.41, 5.74) is 5.43. The molecule has 4 rings (SSSR count). The fourth-order valence-electron chi connectivity index (χ4n) is 3.80. The number of carbonyl (C=O) groups excluding carboxylic acids is 1. The van der Waals surface area contributed by atoms with E-state index >= 15 is 0 Å². The number of nitrogens with one attached hydrogen (secondary N) is 1. The van der Waals surface area contributed by atoms with Crippen LogP contribution in [0.15, 0.2) is 60.8 Å². The van der Waals surface area contributed by atoms with Gasteiger partial charge < -0.3 is 9.80 Å². The predicted octanol–water partition coefficient (Wildman–Crippen LogP) is 2.14. The molecule has 1 N–H and O–H groups in total. The van der Waals surface area contributed by atoms with Crippen LogP contribution in [0.25, 0.3) is 16.9 Å². The summed E-state index contributed by atoms with van der Waals surface area (Å²) in [5.74, 6) is 0.250. The highest BCUT2D eigenvalue weighted by atomic mass is 16.2. The second kappa shape index (κ2) is 8.62. The van der Waals surface area contributed by atoms with Crippen molar-refractivity contribution in [3.63, 3.8) is 0 Å². The van der Waals surface area contributed by atoms with E-state index < -0.39 is 0 Å². The van der Waals surface area contributed by atoms with Gasteiger partial charge in [-0.3, -0.25) is 4.79 Å². The van der Waals surface area contributed by atoms with E-state index in [-0.39, 0.29) is 5.91 Å². The van der Waals surface area contributed by atoms with Gasteiger partial charge in [-0.2, -0.15) is 5.10 Å². The van der Waals surface area contributed by atoms with Gasteiger partial charge in [0.25, 0.3) is 0 Å². The Kier molecular flexibility index (Phi) is 5.76. The molecular weight excluding hydrogens is 360 g/mol. The quantitative estimate of drug-likeness (QED) is 0.727. The Labute approximate surface area is 172 Å². The number of carbonyl (C=O) groups is 1. The van der Waals surface area contributed by atoms with Gasteiger partial charge in [-0.1, -0.05) is 48.0 Å². The molecule has 0 unspecified atom stereocenters. The molecule has 0 bridgehead atoms. The van der Waals surface area contributed by atoms with Crippen LogP contribution in [0.4, 0.5) is 0 Å². The number of benzene rings is 2. The summed E-state index contributed by atoms with van der Waals surface area (Å²) in [6.07, 6.45) is 3.30. The van der Waals surface area contributed by atoms with E-state index in [0.29, 0.717) is 12.8 Å². The minimum Gasteiger partial charge on any atom is -0.334 e. The Balaban J connectivity index is 1.56. The van der Waals surface area contributed by atoms with Gasteiger partial charge in [-0.15, -0.1) is 0 Å². The molecule has 0 aliphatic carbocycles. The lowest BCUT2D eigenvalue weighted by Gasteiger charge is -2.30. The topological polar surface area (TPSA) is 42.6 Å². The van der Waals surface area contributed by atoms with Crippen molar-refractivity contribution in [1.29, 1.82) is 0 Å². The van der Waals surface area contributed by atoms with Gasteiger partial charge in [0, 0.05) is 18.2 Å². The lowest BCUT2D eigenvalue weighted by atomic mass is 10.0. The van der Waals surface area contributed by atoms with Gasteiger partial charge in [0.1, 0.15) is 0 Å². The first-order valence-corrected chi connectivity index (χ1v) is 10.4. The van der Waals surface area contributed by atoms with Crippen LogP contribution in [0.3, 0.4) is 0 Å². The smallest absolute Gasteiger partial charge is 0.223 e. The van der Waals surface area contributed by atoms with Crippen molar-refractivity contribution < 1.29 is 9.69 Å². The molecule has 0 saturated carbocycles. The first kappa shape index (κ1) is 19.4. The van der Waals surface area contributed by atoms with E-state index in [0.717, 1.165) is 48.7 Å². The highest BCUT2D eigenvalue weighted by Gasteiger charge is 2.22. The fourth-order valence-corrected chi connectivity index (χ4v) is 3.80. The minimum atomic E-state index is 0.250. The molecule has 29 heavy (non-hydrogen) atoms. The zero-order valence-corrected chi connectivity index (χ0v) is 17.3. The molecule has 1 fully saturated rings. The molecular formula is C24H29N4O+. The number of amides is 1. The SMILES string of the molecule is Cc1ccc(-c2nn(-c3ccccc3)cc2CCC(=O)N2CC[NH+](C)CC2)cc1. The maximum absolute atomic E-state index is 12.7. The van der Waals surface area contributed by atoms with Gasteiger partial charge in [0.15, 0.2) is 0 Å². The summed E-state index contributed by atoms with van der Waals surface area (Å²) in [4.78, 5) is 16.3. The number of aryl methyl sites for hydroxylation is 2. The van der Waals surface area contributed by atoms with Crippen molar-refractivity contribution in [1.82, 2.24) is 14.7 Å². The lowest BCUT2D eigenvalue weighted by molar-refractivity contribution is -0.883. The van der Waals surface area contributed by atoms with Gasteiger partial charge in [-0.05, 0) is 31.0 Å². The Morgan fingerprint density at radius 2 is 1.72 bits per heavy atom. The van der Waals surface area contributed by atoms with E-state index in [1.54, 1.807) is 0 Å². The normalized spacial score (nSPS) is 14.9. The van der Waals surface area contributed by atoms with Crippen LogP contribution < -0.4 is 4.90 Å². The number of quaternary nitrogens is 1. The highest BCUT2D eigenvalue weighted by Crippen LogP contribution is 2.25. The maximum atomic E-state index is 12.7. The van der Waals surface area contributed by atoms with Crippen LogP contribution >= 0.6 is 0 Å². The summed E-state index contributed by atoms with van der Waals surface area (Å²) in [5, 5.41) is 4.87. The summed E-state index contributed by atoms with van der Waals surface area (Å²) < 4.78 is 1.92. The van der Waals surface area contributed by atoms with E-state index in [1.807, 2.05) is 39.9 Å². The van der Waals surface area contributed by atoms with Crippen molar-refractivity contribution in [3.05, 3.63) is 71.9 Å². The third-order valence-electron chi connectivity index (χ3n) is 5.71. The summed E-state index contributed by atoms with van der Waals surface area (Å²) in [6, 6.07) is 18.6. The second-order valence-corrected chi connectivity index (χ2v) is 7.99. The number of hydrogen-bond acceptors (Lipinski definition) is 2. The number of para-hydroxylation sites is 1. The molecule has 2 aromatic carbocycles. The van der Waals surface area contributed by atoms with E-state index in [9.17, 15) is 4.79 Å². The molecule has 1 amide bonds. The first-order chi connectivity index (χ1) is 14.1. The van der Waals surface area contributed by atoms with Crippen molar-refractivity contribution >= 4 is 5.91 Å². The largest absolute Gasteiger partial charge is 0.334 e. The maximum Gasteiger partial charge on any atom is 0.223 e. The number of likely N-dealkylation sites (N-methyl/N-ethyl adjacent to an activating group) is 1. The van der Waals surface area contributed by atoms with E-state index in [2.05, 4.69) is 44.4 Å². The van der Waals surface area contributed by atoms with Crippen LogP contribution in [0.5, 0.6) is 0 Å². The molecule has 150 valence electrons. The molecule has 0 atom stereocenters. The highest BCUT2D eigenvalue weighted by molar-refractivity contribution is 5.77. The molecule has 0 spiro atoms. The predicted molar refractivity (Wildman–Crippen MR) is 115 cm³/mol. The summed E-state index contributed by atoms with van der Waals surface area (Å²) in [7, 11) is 2.19.